The van der Waals surface area contributed by atoms with Crippen LogP contribution in [-0.2, 0) is 25.4 Å². The zero-order valence-corrected chi connectivity index (χ0v) is 24.6. The number of hydrogen-bond donors (Lipinski definition) is 2. The molecule has 2 heterocycles. The number of aromatic nitrogens is 4. The molecule has 3 rings (SSSR count). The van der Waals surface area contributed by atoms with Gasteiger partial charge in [0, 0.05) is 17.2 Å². The Kier molecular flexibility index (Phi) is 9.92. The summed E-state index contributed by atoms with van der Waals surface area (Å²) in [5.74, 6) is -0.0772. The summed E-state index contributed by atoms with van der Waals surface area (Å²) in [7, 11) is -3.26. The fourth-order valence-electron chi connectivity index (χ4n) is 4.38. The van der Waals surface area contributed by atoms with Crippen molar-refractivity contribution >= 4 is 41.8 Å². The molecule has 1 unspecified atom stereocenters. The number of hydrogen-bond acceptors (Lipinski definition) is 8. The lowest BCUT2D eigenvalue weighted by molar-refractivity contribution is -0.152. The Hall–Kier alpha value is -2.52. The average Bonchev–Trinajstić information content (AvgIpc) is 3.24. The fraction of sp³-hybridized carbons (Fsp3) is 0.538. The summed E-state index contributed by atoms with van der Waals surface area (Å²) in [5.41, 5.74) is 7.98. The molecule has 0 spiro atoms. The van der Waals surface area contributed by atoms with Crippen molar-refractivity contribution < 1.29 is 18.8 Å². The molecule has 10 nitrogen and oxygen atoms in total. The summed E-state index contributed by atoms with van der Waals surface area (Å²) in [4.78, 5) is 25.3. The molecule has 12 heteroatoms. The van der Waals surface area contributed by atoms with Crippen LogP contribution in [0.25, 0.3) is 11.2 Å². The van der Waals surface area contributed by atoms with Gasteiger partial charge in [-0.25, -0.2) is 15.0 Å². The topological polar surface area (TPSA) is 134 Å². The van der Waals surface area contributed by atoms with Crippen LogP contribution in [0.4, 0.5) is 5.82 Å². The SMILES string of the molecule is CCCOC(=O)C(C)(C)CP(=O)(CO[C@H](C)Cn1cnc2c(N)ncnc21)N[C@H](C)c1ccc(Cl)cc1C. The number of rotatable bonds is 13. The molecule has 0 radical (unpaired) electrons. The van der Waals surface area contributed by atoms with Gasteiger partial charge in [-0.05, 0) is 64.3 Å². The second-order valence-electron chi connectivity index (χ2n) is 10.4. The molecular formula is C26H38ClN6O4P. The zero-order valence-electron chi connectivity index (χ0n) is 22.9. The van der Waals surface area contributed by atoms with E-state index in [-0.39, 0.29) is 30.6 Å². The van der Waals surface area contributed by atoms with Crippen LogP contribution in [0.2, 0.25) is 5.02 Å². The van der Waals surface area contributed by atoms with Gasteiger partial charge in [-0.15, -0.1) is 0 Å². The molecule has 0 saturated carbocycles. The number of imidazole rings is 1. The Balaban J connectivity index is 1.79. The van der Waals surface area contributed by atoms with Gasteiger partial charge in [0.2, 0.25) is 0 Å². The Morgan fingerprint density at radius 1 is 1.26 bits per heavy atom. The molecule has 3 N–H and O–H groups in total. The maximum Gasteiger partial charge on any atom is 0.312 e. The lowest BCUT2D eigenvalue weighted by atomic mass is 9.97. The van der Waals surface area contributed by atoms with Crippen molar-refractivity contribution in [1.82, 2.24) is 24.6 Å². The highest BCUT2D eigenvalue weighted by molar-refractivity contribution is 7.61. The monoisotopic (exact) mass is 564 g/mol. The minimum Gasteiger partial charge on any atom is -0.465 e. The summed E-state index contributed by atoms with van der Waals surface area (Å²) in [6.07, 6.45) is 3.40. The molecule has 0 amide bonds. The van der Waals surface area contributed by atoms with Gasteiger partial charge in [0.1, 0.15) is 18.2 Å². The second kappa shape index (κ2) is 12.6. The number of nitrogens with one attached hydrogen (secondary N) is 1. The van der Waals surface area contributed by atoms with Gasteiger partial charge in [-0.1, -0.05) is 24.6 Å². The normalized spacial score (nSPS) is 15.2. The van der Waals surface area contributed by atoms with E-state index in [0.29, 0.717) is 41.6 Å². The molecule has 38 heavy (non-hydrogen) atoms. The molecule has 0 aliphatic heterocycles. The highest BCUT2D eigenvalue weighted by Gasteiger charge is 2.39. The van der Waals surface area contributed by atoms with Crippen LogP contribution in [0.1, 0.15) is 58.2 Å². The third-order valence-electron chi connectivity index (χ3n) is 6.22. The van der Waals surface area contributed by atoms with Crippen molar-refractivity contribution in [2.75, 3.05) is 24.9 Å². The Bertz CT molecular complexity index is 1310. The molecule has 3 aromatic rings. The Morgan fingerprint density at radius 3 is 2.68 bits per heavy atom. The lowest BCUT2D eigenvalue weighted by Crippen LogP contribution is -2.35. The van der Waals surface area contributed by atoms with Gasteiger partial charge >= 0.3 is 5.97 Å². The molecule has 3 atom stereocenters. The van der Waals surface area contributed by atoms with Crippen LogP contribution >= 0.6 is 18.9 Å². The zero-order chi connectivity index (χ0) is 28.1. The van der Waals surface area contributed by atoms with Gasteiger partial charge in [0.05, 0.1) is 31.0 Å². The van der Waals surface area contributed by atoms with Crippen molar-refractivity contribution in [3.05, 3.63) is 47.0 Å². The molecule has 0 saturated heterocycles. The molecular weight excluding hydrogens is 527 g/mol. The number of ether oxygens (including phenoxy) is 2. The molecule has 0 aliphatic rings. The van der Waals surface area contributed by atoms with Crippen molar-refractivity contribution in [3.63, 3.8) is 0 Å². The van der Waals surface area contributed by atoms with Gasteiger partial charge in [-0.3, -0.25) is 9.88 Å². The molecule has 1 aromatic carbocycles. The van der Waals surface area contributed by atoms with E-state index in [4.69, 9.17) is 26.8 Å². The third-order valence-corrected chi connectivity index (χ3v) is 9.18. The van der Waals surface area contributed by atoms with E-state index in [9.17, 15) is 9.36 Å². The minimum absolute atomic E-state index is 0.0701. The molecule has 2 aromatic heterocycles. The number of carbonyl (C=O) groups is 1. The summed E-state index contributed by atoms with van der Waals surface area (Å²) in [6, 6.07) is 5.33. The van der Waals surface area contributed by atoms with E-state index >= 15 is 0 Å². The summed E-state index contributed by atoms with van der Waals surface area (Å²) < 4.78 is 27.8. The predicted octanol–water partition coefficient (Wildman–Crippen LogP) is 5.34. The first-order valence-corrected chi connectivity index (χ1v) is 15.1. The standard InChI is InChI=1S/C26H38ClN6O4P/c1-7-10-36-25(34)26(5,6)13-38(35,32-19(4)21-9-8-20(27)11-17(21)2)16-37-18(3)12-33-15-31-22-23(28)29-14-30-24(22)33/h8-9,11,14-15,18-19H,7,10,12-13,16H2,1-6H3,(H,32,35)(H2,28,29,30)/t18-,19-,38?/m1/s1. The quantitative estimate of drug-likeness (QED) is 0.208. The average molecular weight is 565 g/mol. The first-order valence-electron chi connectivity index (χ1n) is 12.7. The highest BCUT2D eigenvalue weighted by Crippen LogP contribution is 2.49. The number of nitrogen functional groups attached to an aromatic ring is 1. The molecule has 208 valence electrons. The second-order valence-corrected chi connectivity index (χ2v) is 13.4. The Morgan fingerprint density at radius 2 is 2.00 bits per heavy atom. The number of nitrogens with zero attached hydrogens (tertiary/aromatic N) is 4. The van der Waals surface area contributed by atoms with Gasteiger partial charge in [0.15, 0.2) is 18.8 Å². The van der Waals surface area contributed by atoms with E-state index in [1.165, 1.54) is 6.33 Å². The van der Waals surface area contributed by atoms with Crippen LogP contribution in [-0.4, -0.2) is 50.7 Å². The van der Waals surface area contributed by atoms with Crippen LogP contribution < -0.4 is 10.8 Å². The van der Waals surface area contributed by atoms with Crippen LogP contribution in [0, 0.1) is 12.3 Å². The third kappa shape index (κ3) is 7.53. The van der Waals surface area contributed by atoms with Gasteiger partial charge in [-0.2, -0.15) is 0 Å². The first-order chi connectivity index (χ1) is 17.8. The van der Waals surface area contributed by atoms with Crippen molar-refractivity contribution in [2.45, 2.75) is 66.7 Å². The predicted molar refractivity (Wildman–Crippen MR) is 150 cm³/mol. The molecule has 0 aliphatic carbocycles. The number of nitrogens with two attached hydrogens (primary N) is 1. The Labute approximate surface area is 229 Å². The summed E-state index contributed by atoms with van der Waals surface area (Å²) in [6.45, 7) is 12.0. The first kappa shape index (κ1) is 30.0. The number of fused-ring (bicyclic) bond motifs is 1. The maximum absolute atomic E-state index is 14.4. The summed E-state index contributed by atoms with van der Waals surface area (Å²) >= 11 is 6.14. The van der Waals surface area contributed by atoms with E-state index in [2.05, 4.69) is 20.0 Å². The lowest BCUT2D eigenvalue weighted by Gasteiger charge is -2.32. The highest BCUT2D eigenvalue weighted by atomic mass is 35.5. The number of esters is 1. The van der Waals surface area contributed by atoms with Crippen molar-refractivity contribution in [3.8, 4) is 0 Å². The summed E-state index contributed by atoms with van der Waals surface area (Å²) in [5, 5.41) is 3.95. The van der Waals surface area contributed by atoms with E-state index in [1.54, 1.807) is 20.2 Å². The van der Waals surface area contributed by atoms with Crippen molar-refractivity contribution in [1.29, 1.82) is 0 Å². The number of aryl methyl sites for hydroxylation is 1. The largest absolute Gasteiger partial charge is 0.465 e. The fourth-order valence-corrected chi connectivity index (χ4v) is 7.61. The van der Waals surface area contributed by atoms with Gasteiger partial charge < -0.3 is 24.3 Å². The van der Waals surface area contributed by atoms with E-state index < -0.39 is 12.7 Å². The molecule has 0 bridgehead atoms. The van der Waals surface area contributed by atoms with Crippen LogP contribution in [0.3, 0.4) is 0 Å². The van der Waals surface area contributed by atoms with E-state index in [1.807, 2.05) is 50.5 Å². The van der Waals surface area contributed by atoms with Crippen LogP contribution in [0.5, 0.6) is 0 Å². The van der Waals surface area contributed by atoms with Gasteiger partial charge in [0.25, 0.3) is 0 Å². The smallest absolute Gasteiger partial charge is 0.312 e. The number of benzene rings is 1. The number of halogens is 1. The minimum atomic E-state index is -3.26. The van der Waals surface area contributed by atoms with Crippen LogP contribution in [0.15, 0.2) is 30.9 Å². The number of carbonyl (C=O) groups excluding carboxylic acids is 1. The van der Waals surface area contributed by atoms with E-state index in [0.717, 1.165) is 11.1 Å². The van der Waals surface area contributed by atoms with Crippen molar-refractivity contribution in [2.24, 2.45) is 5.41 Å². The molecule has 0 fully saturated rings. The maximum atomic E-state index is 14.4. The number of anilines is 1.